The predicted octanol–water partition coefficient (Wildman–Crippen LogP) is 3.39. The lowest BCUT2D eigenvalue weighted by Crippen LogP contribution is -2.14. The Labute approximate surface area is 132 Å². The van der Waals surface area contributed by atoms with Crippen LogP contribution in [0.2, 0.25) is 0 Å². The monoisotopic (exact) mass is 322 g/mol. The molecule has 0 radical (unpaired) electrons. The fourth-order valence-corrected chi connectivity index (χ4v) is 1.97. The van der Waals surface area contributed by atoms with Gasteiger partial charge in [0.15, 0.2) is 0 Å². The Morgan fingerprint density at radius 2 is 1.91 bits per heavy atom. The molecule has 0 bridgehead atoms. The van der Waals surface area contributed by atoms with Gasteiger partial charge in [-0.25, -0.2) is 4.98 Å². The third-order valence-corrected chi connectivity index (χ3v) is 3.12. The number of hydrazone groups is 1. The molecule has 23 heavy (non-hydrogen) atoms. The molecular weight excluding hydrogens is 305 g/mol. The summed E-state index contributed by atoms with van der Waals surface area (Å²) in [5, 5.41) is 3.90. The Bertz CT molecular complexity index is 709. The highest BCUT2D eigenvalue weighted by molar-refractivity contribution is 5.82. The maximum atomic E-state index is 13.1. The molecule has 0 aliphatic rings. The van der Waals surface area contributed by atoms with Crippen molar-refractivity contribution < 1.29 is 13.2 Å². The van der Waals surface area contributed by atoms with Crippen LogP contribution in [-0.2, 0) is 6.18 Å². The van der Waals surface area contributed by atoms with Crippen LogP contribution in [0, 0.1) is 0 Å². The Balaban J connectivity index is 2.54. The molecule has 0 saturated heterocycles. The maximum Gasteiger partial charge on any atom is 0.416 e. The minimum Gasteiger partial charge on any atom is -0.363 e. The lowest BCUT2D eigenvalue weighted by atomic mass is 10.1. The highest BCUT2D eigenvalue weighted by Crippen LogP contribution is 2.33. The molecule has 122 valence electrons. The molecule has 1 aromatic heterocycles. The molecule has 0 fully saturated rings. The summed E-state index contributed by atoms with van der Waals surface area (Å²) in [6.07, 6.45) is -2.84. The molecule has 7 heteroatoms. The number of anilines is 1. The zero-order valence-corrected chi connectivity index (χ0v) is 13.0. The van der Waals surface area contributed by atoms with Gasteiger partial charge in [0, 0.05) is 26.7 Å². The fourth-order valence-electron chi connectivity index (χ4n) is 1.97. The Kier molecular flexibility index (Phi) is 4.88. The van der Waals surface area contributed by atoms with Crippen LogP contribution in [0.3, 0.4) is 0 Å². The van der Waals surface area contributed by atoms with E-state index in [1.165, 1.54) is 0 Å². The zero-order valence-electron chi connectivity index (χ0n) is 13.0. The predicted molar refractivity (Wildman–Crippen MR) is 85.7 cm³/mol. The topological polar surface area (TPSA) is 40.5 Å². The first-order valence-corrected chi connectivity index (χ1v) is 6.88. The highest BCUT2D eigenvalue weighted by atomic mass is 19.4. The summed E-state index contributed by atoms with van der Waals surface area (Å²) in [6, 6.07) is 9.12. The lowest BCUT2D eigenvalue weighted by molar-refractivity contribution is -0.137. The minimum atomic E-state index is -4.42. The van der Waals surface area contributed by atoms with E-state index < -0.39 is 11.7 Å². The third kappa shape index (κ3) is 4.21. The number of aromatic nitrogens is 1. The lowest BCUT2D eigenvalue weighted by Gasteiger charge is -2.16. The van der Waals surface area contributed by atoms with Crippen LogP contribution in [0.15, 0.2) is 41.5 Å². The minimum absolute atomic E-state index is 0.254. The van der Waals surface area contributed by atoms with Crippen molar-refractivity contribution in [3.8, 4) is 11.3 Å². The van der Waals surface area contributed by atoms with Gasteiger partial charge >= 0.3 is 6.18 Å². The van der Waals surface area contributed by atoms with Gasteiger partial charge in [-0.2, -0.15) is 18.3 Å². The van der Waals surface area contributed by atoms with Crippen molar-refractivity contribution >= 4 is 12.0 Å². The second-order valence-corrected chi connectivity index (χ2v) is 5.10. The van der Waals surface area contributed by atoms with Crippen LogP contribution < -0.4 is 10.3 Å². The molecule has 0 amide bonds. The van der Waals surface area contributed by atoms with Crippen LogP contribution in [0.1, 0.15) is 11.1 Å². The number of rotatable bonds is 4. The van der Waals surface area contributed by atoms with Crippen molar-refractivity contribution in [2.75, 3.05) is 26.0 Å². The van der Waals surface area contributed by atoms with E-state index in [-0.39, 0.29) is 11.5 Å². The first kappa shape index (κ1) is 16.8. The first-order chi connectivity index (χ1) is 10.8. The van der Waals surface area contributed by atoms with E-state index in [1.807, 2.05) is 6.07 Å². The van der Waals surface area contributed by atoms with Crippen molar-refractivity contribution in [3.63, 3.8) is 0 Å². The van der Waals surface area contributed by atoms with E-state index in [4.69, 9.17) is 0 Å². The van der Waals surface area contributed by atoms with Crippen LogP contribution in [0.4, 0.5) is 19.0 Å². The molecule has 2 rings (SSSR count). The zero-order chi connectivity index (χ0) is 17.0. The van der Waals surface area contributed by atoms with Crippen molar-refractivity contribution in [2.45, 2.75) is 6.18 Å². The Hall–Kier alpha value is -2.57. The third-order valence-electron chi connectivity index (χ3n) is 3.12. The van der Waals surface area contributed by atoms with Crippen LogP contribution >= 0.6 is 0 Å². The summed E-state index contributed by atoms with van der Waals surface area (Å²) in [5.41, 5.74) is 3.53. The van der Waals surface area contributed by atoms with Gasteiger partial charge in [0.1, 0.15) is 5.82 Å². The van der Waals surface area contributed by atoms with E-state index in [0.717, 1.165) is 17.7 Å². The number of benzene rings is 1. The molecule has 2 aromatic rings. The van der Waals surface area contributed by atoms with Crippen molar-refractivity contribution in [1.29, 1.82) is 0 Å². The molecule has 1 N–H and O–H groups in total. The molecule has 4 nitrogen and oxygen atoms in total. The van der Waals surface area contributed by atoms with E-state index in [1.54, 1.807) is 50.5 Å². The molecule has 0 aliphatic heterocycles. The van der Waals surface area contributed by atoms with Gasteiger partial charge in [0.25, 0.3) is 0 Å². The van der Waals surface area contributed by atoms with Gasteiger partial charge in [-0.05, 0) is 23.8 Å². The number of nitrogens with zero attached hydrogens (tertiary/aromatic N) is 3. The first-order valence-electron chi connectivity index (χ1n) is 6.88. The van der Waals surface area contributed by atoms with Gasteiger partial charge in [0.05, 0.1) is 17.5 Å². The standard InChI is InChI=1S/C16H17F3N4/c1-20-21-10-11-5-4-6-12(7-11)14-8-13(16(17,18)19)9-15(22-14)23(2)3/h4-10,20H,1-3H3. The smallest absolute Gasteiger partial charge is 0.363 e. The van der Waals surface area contributed by atoms with Crippen LogP contribution in [-0.4, -0.2) is 32.3 Å². The number of nitrogens with one attached hydrogen (secondary N) is 1. The highest BCUT2D eigenvalue weighted by Gasteiger charge is 2.32. The van der Waals surface area contributed by atoms with Crippen molar-refractivity contribution in [2.24, 2.45) is 5.10 Å². The van der Waals surface area contributed by atoms with Gasteiger partial charge in [-0.3, -0.25) is 0 Å². The molecule has 0 unspecified atom stereocenters. The largest absolute Gasteiger partial charge is 0.416 e. The van der Waals surface area contributed by atoms with Crippen molar-refractivity contribution in [1.82, 2.24) is 10.4 Å². The molecule has 0 spiro atoms. The normalized spacial score (nSPS) is 11.7. The average molecular weight is 322 g/mol. The van der Waals surface area contributed by atoms with Gasteiger partial charge < -0.3 is 10.3 Å². The Morgan fingerprint density at radius 1 is 1.17 bits per heavy atom. The van der Waals surface area contributed by atoms with E-state index in [9.17, 15) is 13.2 Å². The van der Waals surface area contributed by atoms with E-state index in [2.05, 4.69) is 15.5 Å². The number of hydrogen-bond acceptors (Lipinski definition) is 4. The van der Waals surface area contributed by atoms with Crippen molar-refractivity contribution in [3.05, 3.63) is 47.5 Å². The molecule has 0 aliphatic carbocycles. The van der Waals surface area contributed by atoms with Gasteiger partial charge in [-0.1, -0.05) is 18.2 Å². The average Bonchev–Trinajstić information content (AvgIpc) is 2.52. The SMILES string of the molecule is CNN=Cc1cccc(-c2cc(C(F)(F)F)cc(N(C)C)n2)c1. The van der Waals surface area contributed by atoms with Crippen LogP contribution in [0.5, 0.6) is 0 Å². The maximum absolute atomic E-state index is 13.1. The Morgan fingerprint density at radius 3 is 2.52 bits per heavy atom. The second kappa shape index (κ2) is 6.68. The number of alkyl halides is 3. The summed E-state index contributed by atoms with van der Waals surface area (Å²) < 4.78 is 39.3. The second-order valence-electron chi connectivity index (χ2n) is 5.10. The number of halogens is 3. The van der Waals surface area contributed by atoms with E-state index in [0.29, 0.717) is 5.56 Å². The summed E-state index contributed by atoms with van der Waals surface area (Å²) in [6.45, 7) is 0. The summed E-state index contributed by atoms with van der Waals surface area (Å²) in [7, 11) is 4.97. The van der Waals surface area contributed by atoms with Gasteiger partial charge in [0.2, 0.25) is 0 Å². The van der Waals surface area contributed by atoms with Gasteiger partial charge in [-0.15, -0.1) is 0 Å². The molecule has 0 atom stereocenters. The number of hydrogen-bond donors (Lipinski definition) is 1. The quantitative estimate of drug-likeness (QED) is 0.693. The molecule has 0 saturated carbocycles. The summed E-state index contributed by atoms with van der Waals surface area (Å²) in [5.74, 6) is 0.254. The molecule has 1 heterocycles. The summed E-state index contributed by atoms with van der Waals surface area (Å²) >= 11 is 0. The van der Waals surface area contributed by atoms with Crippen LogP contribution in [0.25, 0.3) is 11.3 Å². The summed E-state index contributed by atoms with van der Waals surface area (Å²) in [4.78, 5) is 5.85. The van der Waals surface area contributed by atoms with E-state index >= 15 is 0 Å². The number of pyridine rings is 1. The molecular formula is C16H17F3N4. The fraction of sp³-hybridized carbons (Fsp3) is 0.250. The molecule has 1 aromatic carbocycles.